The summed E-state index contributed by atoms with van der Waals surface area (Å²) in [6.07, 6.45) is 1.30. The molecule has 1 aliphatic heterocycles. The Labute approximate surface area is 161 Å². The van der Waals surface area contributed by atoms with Gasteiger partial charge in [-0.1, -0.05) is 18.2 Å². The number of nitrogens with one attached hydrogen (secondary N) is 1. The Bertz CT molecular complexity index is 896. The van der Waals surface area contributed by atoms with Crippen LogP contribution in [0.3, 0.4) is 0 Å². The second-order valence-electron chi connectivity index (χ2n) is 6.54. The molecule has 0 aliphatic carbocycles. The first-order valence-corrected chi connectivity index (χ1v) is 8.87. The molecule has 0 saturated carbocycles. The van der Waals surface area contributed by atoms with Crippen molar-refractivity contribution in [3.63, 3.8) is 0 Å². The topological polar surface area (TPSA) is 110 Å². The number of ketones is 1. The van der Waals surface area contributed by atoms with Gasteiger partial charge in [0, 0.05) is 23.3 Å². The molecule has 8 nitrogen and oxygen atoms in total. The van der Waals surface area contributed by atoms with Crippen molar-refractivity contribution in [2.24, 2.45) is 0 Å². The zero-order valence-corrected chi connectivity index (χ0v) is 15.0. The molecule has 1 heterocycles. The zero-order chi connectivity index (χ0) is 20.1. The molecule has 8 heteroatoms. The number of nitro benzene ring substituents is 1. The van der Waals surface area contributed by atoms with E-state index in [4.69, 9.17) is 0 Å². The van der Waals surface area contributed by atoms with Crippen molar-refractivity contribution in [2.45, 2.75) is 18.9 Å². The second-order valence-corrected chi connectivity index (χ2v) is 6.54. The number of likely N-dealkylation sites (tertiary alicyclic amines) is 1. The molecule has 0 unspecified atom stereocenters. The first kappa shape index (κ1) is 19.4. The fourth-order valence-corrected chi connectivity index (χ4v) is 3.21. The summed E-state index contributed by atoms with van der Waals surface area (Å²) in [5, 5.41) is 13.1. The van der Waals surface area contributed by atoms with Crippen LogP contribution in [0.2, 0.25) is 0 Å². The molecule has 0 aromatic heterocycles. The molecular weight excluding hydrogens is 362 g/mol. The van der Waals surface area contributed by atoms with Gasteiger partial charge in [0.1, 0.15) is 0 Å². The van der Waals surface area contributed by atoms with E-state index in [9.17, 15) is 24.5 Å². The molecule has 1 aliphatic rings. The molecule has 2 aromatic rings. The van der Waals surface area contributed by atoms with Crippen molar-refractivity contribution in [2.75, 3.05) is 13.1 Å². The lowest BCUT2D eigenvalue weighted by Crippen LogP contribution is -2.46. The maximum atomic E-state index is 12.5. The van der Waals surface area contributed by atoms with Crippen LogP contribution in [0.15, 0.2) is 54.6 Å². The standard InChI is InChI=1S/C20H19N3O5/c24-18(14-8-10-16(11-9-14)23(27)28)13-22-12-4-7-17(22)20(26)21-19(25)15-5-2-1-3-6-15/h1-3,5-6,8-11,17H,4,7,12-13H2,(H,21,25,26)/t17-/m0/s1. The minimum Gasteiger partial charge on any atom is -0.293 e. The fraction of sp³-hybridized carbons (Fsp3) is 0.250. The first-order valence-electron chi connectivity index (χ1n) is 8.87. The highest BCUT2D eigenvalue weighted by atomic mass is 16.6. The van der Waals surface area contributed by atoms with Crippen LogP contribution in [-0.2, 0) is 4.79 Å². The molecule has 1 N–H and O–H groups in total. The Kier molecular flexibility index (Phi) is 5.90. The van der Waals surface area contributed by atoms with Crippen LogP contribution >= 0.6 is 0 Å². The molecule has 144 valence electrons. The third-order valence-electron chi connectivity index (χ3n) is 4.69. The quantitative estimate of drug-likeness (QED) is 0.356. The lowest BCUT2D eigenvalue weighted by molar-refractivity contribution is -0.384. The molecule has 28 heavy (non-hydrogen) atoms. The molecule has 0 radical (unpaired) electrons. The van der Waals surface area contributed by atoms with Crippen molar-refractivity contribution >= 4 is 23.3 Å². The van der Waals surface area contributed by atoms with Crippen LogP contribution in [0.1, 0.15) is 33.6 Å². The van der Waals surface area contributed by atoms with Gasteiger partial charge in [0.2, 0.25) is 5.91 Å². The van der Waals surface area contributed by atoms with Crippen LogP contribution in [-0.4, -0.2) is 46.6 Å². The van der Waals surface area contributed by atoms with Gasteiger partial charge >= 0.3 is 0 Å². The molecule has 2 amide bonds. The van der Waals surface area contributed by atoms with Gasteiger partial charge in [0.25, 0.3) is 11.6 Å². The van der Waals surface area contributed by atoms with Gasteiger partial charge in [-0.05, 0) is 43.7 Å². The van der Waals surface area contributed by atoms with Crippen molar-refractivity contribution in [1.82, 2.24) is 10.2 Å². The maximum Gasteiger partial charge on any atom is 0.269 e. The average molecular weight is 381 g/mol. The highest BCUT2D eigenvalue weighted by Gasteiger charge is 2.33. The Morgan fingerprint density at radius 3 is 2.36 bits per heavy atom. The number of Topliss-reactive ketones (excluding diaryl/α,β-unsaturated/α-hetero) is 1. The van der Waals surface area contributed by atoms with Crippen molar-refractivity contribution in [3.8, 4) is 0 Å². The summed E-state index contributed by atoms with van der Waals surface area (Å²) in [5.74, 6) is -1.13. The lowest BCUT2D eigenvalue weighted by Gasteiger charge is -2.22. The van der Waals surface area contributed by atoms with Crippen LogP contribution in [0, 0.1) is 10.1 Å². The molecule has 1 saturated heterocycles. The van der Waals surface area contributed by atoms with Crippen molar-refractivity contribution in [3.05, 3.63) is 75.8 Å². The van der Waals surface area contributed by atoms with Crippen molar-refractivity contribution in [1.29, 1.82) is 0 Å². The highest BCUT2D eigenvalue weighted by molar-refractivity contribution is 6.06. The van der Waals surface area contributed by atoms with E-state index in [-0.39, 0.29) is 18.0 Å². The summed E-state index contributed by atoms with van der Waals surface area (Å²) in [4.78, 5) is 49.1. The summed E-state index contributed by atoms with van der Waals surface area (Å²) >= 11 is 0. The van der Waals surface area contributed by atoms with Gasteiger partial charge in [0.05, 0.1) is 17.5 Å². The number of benzene rings is 2. The van der Waals surface area contributed by atoms with Gasteiger partial charge < -0.3 is 0 Å². The van der Waals surface area contributed by atoms with Crippen LogP contribution in [0.5, 0.6) is 0 Å². The van der Waals surface area contributed by atoms with E-state index in [0.29, 0.717) is 24.1 Å². The third kappa shape index (κ3) is 4.47. The smallest absolute Gasteiger partial charge is 0.269 e. The largest absolute Gasteiger partial charge is 0.293 e. The number of non-ortho nitro benzene ring substituents is 1. The number of carbonyl (C=O) groups is 3. The summed E-state index contributed by atoms with van der Waals surface area (Å²) < 4.78 is 0. The molecule has 0 bridgehead atoms. The molecular formula is C20H19N3O5. The van der Waals surface area contributed by atoms with Gasteiger partial charge in [0.15, 0.2) is 5.78 Å². The molecule has 2 aromatic carbocycles. The number of hydrogen-bond acceptors (Lipinski definition) is 6. The van der Waals surface area contributed by atoms with Crippen LogP contribution in [0.25, 0.3) is 0 Å². The van der Waals surface area contributed by atoms with E-state index < -0.39 is 22.8 Å². The highest BCUT2D eigenvalue weighted by Crippen LogP contribution is 2.19. The number of hydrogen-bond donors (Lipinski definition) is 1. The van der Waals surface area contributed by atoms with Gasteiger partial charge in [-0.2, -0.15) is 0 Å². The number of rotatable bonds is 6. The second kappa shape index (κ2) is 8.53. The number of nitrogens with zero attached hydrogens (tertiary/aromatic N) is 2. The van der Waals surface area contributed by atoms with Crippen LogP contribution < -0.4 is 5.32 Å². The van der Waals surface area contributed by atoms with E-state index in [1.165, 1.54) is 24.3 Å². The normalized spacial score (nSPS) is 16.5. The van der Waals surface area contributed by atoms with E-state index in [0.717, 1.165) is 6.42 Å². The Balaban J connectivity index is 1.62. The van der Waals surface area contributed by atoms with Crippen LogP contribution in [0.4, 0.5) is 5.69 Å². The summed E-state index contributed by atoms with van der Waals surface area (Å²) in [6, 6.07) is 13.2. The first-order chi connectivity index (χ1) is 13.5. The monoisotopic (exact) mass is 381 g/mol. The van der Waals surface area contributed by atoms with E-state index >= 15 is 0 Å². The lowest BCUT2D eigenvalue weighted by atomic mass is 10.1. The van der Waals surface area contributed by atoms with E-state index in [1.54, 1.807) is 35.2 Å². The average Bonchev–Trinajstić information content (AvgIpc) is 3.17. The van der Waals surface area contributed by atoms with E-state index in [2.05, 4.69) is 5.32 Å². The summed E-state index contributed by atoms with van der Waals surface area (Å²) in [7, 11) is 0. The molecule has 1 fully saturated rings. The number of carbonyl (C=O) groups excluding carboxylic acids is 3. The Hall–Kier alpha value is -3.39. The minimum absolute atomic E-state index is 0.00935. The number of imide groups is 1. The number of amides is 2. The van der Waals surface area contributed by atoms with Gasteiger partial charge in [-0.15, -0.1) is 0 Å². The third-order valence-corrected chi connectivity index (χ3v) is 4.69. The summed E-state index contributed by atoms with van der Waals surface area (Å²) in [6.45, 7) is 0.575. The predicted octanol–water partition coefficient (Wildman–Crippen LogP) is 2.20. The molecule has 3 rings (SSSR count). The van der Waals surface area contributed by atoms with Gasteiger partial charge in [-0.25, -0.2) is 0 Å². The van der Waals surface area contributed by atoms with Crippen molar-refractivity contribution < 1.29 is 19.3 Å². The minimum atomic E-state index is -0.560. The Morgan fingerprint density at radius 2 is 1.71 bits per heavy atom. The van der Waals surface area contributed by atoms with E-state index in [1.807, 2.05) is 0 Å². The fourth-order valence-electron chi connectivity index (χ4n) is 3.21. The molecule has 1 atom stereocenters. The zero-order valence-electron chi connectivity index (χ0n) is 15.0. The predicted molar refractivity (Wildman–Crippen MR) is 101 cm³/mol. The maximum absolute atomic E-state index is 12.5. The Morgan fingerprint density at radius 1 is 1.04 bits per heavy atom. The van der Waals surface area contributed by atoms with Gasteiger partial charge in [-0.3, -0.25) is 34.7 Å². The SMILES string of the molecule is O=C(CN1CCC[C@H]1C(=O)NC(=O)c1ccccc1)c1ccc([N+](=O)[O-])cc1. The summed E-state index contributed by atoms with van der Waals surface area (Å²) in [5.41, 5.74) is 0.647. The number of nitro groups is 1. The molecule has 0 spiro atoms.